The van der Waals surface area contributed by atoms with Crippen molar-refractivity contribution >= 4 is 8.38 Å². The van der Waals surface area contributed by atoms with Crippen LogP contribution in [0.2, 0.25) is 0 Å². The van der Waals surface area contributed by atoms with Gasteiger partial charge in [0.25, 0.3) is 0 Å². The van der Waals surface area contributed by atoms with Crippen LogP contribution in [0.15, 0.2) is 0 Å². The molecule has 0 spiro atoms. The highest BCUT2D eigenvalue weighted by atomic mass is 31.2. The molecule has 1 saturated carbocycles. The topological polar surface area (TPSA) is 50.5 Å². The molecule has 0 aromatic carbocycles. The van der Waals surface area contributed by atoms with Gasteiger partial charge in [-0.25, -0.2) is 6.57 Å². The molecule has 6 nitrogen and oxygen atoms in total. The summed E-state index contributed by atoms with van der Waals surface area (Å²) in [7, 11) is -1.01. The summed E-state index contributed by atoms with van der Waals surface area (Å²) in [5.74, 6) is 0.219. The summed E-state index contributed by atoms with van der Waals surface area (Å²) in [4.78, 5) is 3.27. The predicted molar refractivity (Wildman–Crippen MR) is 72.2 cm³/mol. The Morgan fingerprint density at radius 1 is 1.45 bits per heavy atom. The van der Waals surface area contributed by atoms with Gasteiger partial charge in [0.1, 0.15) is 31.2 Å². The van der Waals surface area contributed by atoms with Gasteiger partial charge in [-0.15, -0.1) is 0 Å². The van der Waals surface area contributed by atoms with Crippen LogP contribution in [0, 0.1) is 12.5 Å². The van der Waals surface area contributed by atoms with Crippen molar-refractivity contribution < 1.29 is 23.3 Å². The third-order valence-electron chi connectivity index (χ3n) is 4.42. The Hall–Kier alpha value is -0.280. The minimum atomic E-state index is -1.01. The van der Waals surface area contributed by atoms with Crippen LogP contribution >= 0.6 is 8.38 Å². The SMILES string of the molecule is [C-]#[N+]CCOP(C)OC1C2COC1(CC)C1OCOC21. The number of hydrogen-bond donors (Lipinski definition) is 0. The van der Waals surface area contributed by atoms with Gasteiger partial charge in [-0.2, -0.15) is 0 Å². The average Bonchev–Trinajstić information content (AvgIpc) is 3.10. The molecular weight excluding hydrogens is 281 g/mol. The molecule has 1 aliphatic carbocycles. The minimum Gasteiger partial charge on any atom is -0.369 e. The lowest BCUT2D eigenvalue weighted by Crippen LogP contribution is -2.48. The lowest BCUT2D eigenvalue weighted by molar-refractivity contribution is -0.132. The van der Waals surface area contributed by atoms with Gasteiger partial charge in [0.05, 0.1) is 12.7 Å². The van der Waals surface area contributed by atoms with Crippen molar-refractivity contribution in [2.75, 3.05) is 33.2 Å². The quantitative estimate of drug-likeness (QED) is 0.425. The van der Waals surface area contributed by atoms with E-state index in [1.807, 2.05) is 6.66 Å². The Labute approximate surface area is 120 Å². The summed E-state index contributed by atoms with van der Waals surface area (Å²) in [5.41, 5.74) is -0.397. The van der Waals surface area contributed by atoms with Crippen molar-refractivity contribution in [3.05, 3.63) is 11.4 Å². The van der Waals surface area contributed by atoms with Crippen LogP contribution < -0.4 is 0 Å². The van der Waals surface area contributed by atoms with Crippen LogP contribution in [-0.2, 0) is 23.3 Å². The summed E-state index contributed by atoms with van der Waals surface area (Å²) in [5, 5.41) is 0. The molecule has 2 heterocycles. The zero-order valence-corrected chi connectivity index (χ0v) is 12.7. The molecule has 3 rings (SSSR count). The standard InChI is InChI=1S/C13H20NO5P/c1-4-13-11(19-20(3)18-6-5-14-2)9(7-17-13)10-12(13)16-8-15-10/h9-12H,4-8H2,1,3H3. The second kappa shape index (κ2) is 5.84. The molecule has 0 aromatic rings. The first kappa shape index (κ1) is 14.6. The van der Waals surface area contributed by atoms with E-state index >= 15 is 0 Å². The fourth-order valence-electron chi connectivity index (χ4n) is 3.51. The summed E-state index contributed by atoms with van der Waals surface area (Å²) in [6.07, 6.45) is 0.860. The van der Waals surface area contributed by atoms with E-state index in [1.54, 1.807) is 0 Å². The van der Waals surface area contributed by atoms with Gasteiger partial charge in [-0.05, 0) is 6.42 Å². The lowest BCUT2D eigenvalue weighted by atomic mass is 9.94. The Morgan fingerprint density at radius 2 is 2.30 bits per heavy atom. The zero-order chi connectivity index (χ0) is 14.2. The smallest absolute Gasteiger partial charge is 0.238 e. The van der Waals surface area contributed by atoms with Gasteiger partial charge < -0.3 is 28.1 Å². The van der Waals surface area contributed by atoms with E-state index in [9.17, 15) is 0 Å². The molecule has 112 valence electrons. The van der Waals surface area contributed by atoms with Crippen LogP contribution in [0.4, 0.5) is 0 Å². The van der Waals surface area contributed by atoms with Crippen molar-refractivity contribution in [3.63, 3.8) is 0 Å². The highest BCUT2D eigenvalue weighted by molar-refractivity contribution is 7.46. The lowest BCUT2D eigenvalue weighted by Gasteiger charge is -2.35. The van der Waals surface area contributed by atoms with Gasteiger partial charge in [-0.3, -0.25) is 0 Å². The van der Waals surface area contributed by atoms with Crippen LogP contribution in [0.1, 0.15) is 13.3 Å². The van der Waals surface area contributed by atoms with E-state index in [2.05, 4.69) is 11.8 Å². The van der Waals surface area contributed by atoms with Crippen molar-refractivity contribution in [3.8, 4) is 0 Å². The second-order valence-electron chi connectivity index (χ2n) is 5.30. The van der Waals surface area contributed by atoms with Gasteiger partial charge in [0.15, 0.2) is 8.38 Å². The summed E-state index contributed by atoms with van der Waals surface area (Å²) >= 11 is 0. The number of rotatable bonds is 6. The van der Waals surface area contributed by atoms with E-state index in [0.29, 0.717) is 26.6 Å². The van der Waals surface area contributed by atoms with Crippen molar-refractivity contribution in [1.82, 2.24) is 0 Å². The molecule has 2 saturated heterocycles. The fraction of sp³-hybridized carbons (Fsp3) is 0.923. The predicted octanol–water partition coefficient (Wildman–Crippen LogP) is 1.80. The first-order chi connectivity index (χ1) is 9.73. The molecule has 0 N–H and O–H groups in total. The fourth-order valence-corrected chi connectivity index (χ4v) is 4.57. The number of nitrogens with zero attached hydrogens (tertiary/aromatic N) is 1. The summed E-state index contributed by atoms with van der Waals surface area (Å²) in [6.45, 7) is 12.6. The molecule has 0 aromatic heterocycles. The molecule has 0 amide bonds. The molecule has 3 aliphatic rings. The largest absolute Gasteiger partial charge is 0.369 e. The molecule has 0 radical (unpaired) electrons. The van der Waals surface area contributed by atoms with Crippen LogP contribution in [0.3, 0.4) is 0 Å². The van der Waals surface area contributed by atoms with Crippen LogP contribution in [0.5, 0.6) is 0 Å². The number of fused-ring (bicyclic) bond motifs is 5. The maximum atomic E-state index is 6.75. The van der Waals surface area contributed by atoms with Gasteiger partial charge >= 0.3 is 0 Å². The zero-order valence-electron chi connectivity index (χ0n) is 11.8. The van der Waals surface area contributed by atoms with E-state index in [-0.39, 0.29) is 24.2 Å². The Kier molecular flexibility index (Phi) is 4.28. The first-order valence-electron chi connectivity index (χ1n) is 6.96. The number of hydrogen-bond acceptors (Lipinski definition) is 5. The molecule has 7 heteroatoms. The summed E-state index contributed by atoms with van der Waals surface area (Å²) < 4.78 is 29.1. The molecule has 2 aliphatic heterocycles. The normalized spacial score (nSPS) is 43.5. The molecule has 6 atom stereocenters. The van der Waals surface area contributed by atoms with Crippen LogP contribution in [-0.4, -0.2) is 57.1 Å². The molecule has 3 fully saturated rings. The Balaban J connectivity index is 1.66. The van der Waals surface area contributed by atoms with Crippen LogP contribution in [0.25, 0.3) is 4.85 Å². The maximum absolute atomic E-state index is 6.75. The van der Waals surface area contributed by atoms with E-state index in [0.717, 1.165) is 6.42 Å². The monoisotopic (exact) mass is 301 g/mol. The average molecular weight is 301 g/mol. The highest BCUT2D eigenvalue weighted by Crippen LogP contribution is 2.56. The van der Waals surface area contributed by atoms with Gasteiger partial charge in [-0.1, -0.05) is 6.92 Å². The number of ether oxygens (including phenoxy) is 3. The first-order valence-corrected chi connectivity index (χ1v) is 8.59. The Bertz CT molecular complexity index is 403. The molecule has 20 heavy (non-hydrogen) atoms. The van der Waals surface area contributed by atoms with E-state index in [1.165, 1.54) is 0 Å². The van der Waals surface area contributed by atoms with Gasteiger partial charge in [0, 0.05) is 12.6 Å². The molecule has 6 unspecified atom stereocenters. The van der Waals surface area contributed by atoms with Crippen molar-refractivity contribution in [2.45, 2.75) is 37.3 Å². The molecular formula is C13H20NO5P. The third-order valence-corrected chi connectivity index (χ3v) is 5.49. The Morgan fingerprint density at radius 3 is 3.05 bits per heavy atom. The molecule has 2 bridgehead atoms. The highest BCUT2D eigenvalue weighted by Gasteiger charge is 2.69. The van der Waals surface area contributed by atoms with E-state index in [4.69, 9.17) is 29.8 Å². The van der Waals surface area contributed by atoms with Crippen molar-refractivity contribution in [2.24, 2.45) is 5.92 Å². The minimum absolute atomic E-state index is 0.0251. The maximum Gasteiger partial charge on any atom is 0.238 e. The second-order valence-corrected chi connectivity index (χ2v) is 6.65. The summed E-state index contributed by atoms with van der Waals surface area (Å²) in [6, 6.07) is 0. The van der Waals surface area contributed by atoms with E-state index < -0.39 is 14.0 Å². The van der Waals surface area contributed by atoms with Gasteiger partial charge in [0.2, 0.25) is 6.54 Å². The third kappa shape index (κ3) is 2.18. The van der Waals surface area contributed by atoms with Crippen molar-refractivity contribution in [1.29, 1.82) is 0 Å².